The average Bonchev–Trinajstić information content (AvgIpc) is 2.39. The molecule has 110 valence electrons. The second-order valence-corrected chi connectivity index (χ2v) is 7.25. The van der Waals surface area contributed by atoms with Crippen LogP contribution in [0.4, 0.5) is 0 Å². The maximum absolute atomic E-state index is 12.5. The molecule has 1 N–H and O–H groups in total. The molecule has 0 amide bonds. The van der Waals surface area contributed by atoms with E-state index in [1.54, 1.807) is 0 Å². The van der Waals surface area contributed by atoms with Gasteiger partial charge >= 0.3 is 5.97 Å². The third-order valence-corrected chi connectivity index (χ3v) is 5.86. The zero-order valence-electron chi connectivity index (χ0n) is 10.5. The summed E-state index contributed by atoms with van der Waals surface area (Å²) in [6, 6.07) is 2.18. The normalized spacial score (nSPS) is 17.1. The third kappa shape index (κ3) is 2.93. The Kier molecular flexibility index (Phi) is 4.59. The molecular formula is C12H13Cl2NO4S. The molecule has 0 aliphatic carbocycles. The molecule has 20 heavy (non-hydrogen) atoms. The van der Waals surface area contributed by atoms with E-state index in [0.29, 0.717) is 13.1 Å². The van der Waals surface area contributed by atoms with E-state index in [9.17, 15) is 13.2 Å². The number of carboxylic acid groups (broad SMARTS) is 1. The van der Waals surface area contributed by atoms with Gasteiger partial charge in [-0.3, -0.25) is 0 Å². The minimum atomic E-state index is -3.79. The second-order valence-electron chi connectivity index (χ2n) is 4.53. The van der Waals surface area contributed by atoms with Gasteiger partial charge in [0.05, 0.1) is 15.6 Å². The van der Waals surface area contributed by atoms with Crippen molar-refractivity contribution in [2.75, 3.05) is 13.1 Å². The van der Waals surface area contributed by atoms with E-state index in [-0.39, 0.29) is 20.5 Å². The number of sulfonamides is 1. The fourth-order valence-electron chi connectivity index (χ4n) is 2.14. The second kappa shape index (κ2) is 5.89. The van der Waals surface area contributed by atoms with E-state index < -0.39 is 16.0 Å². The molecule has 1 saturated heterocycles. The van der Waals surface area contributed by atoms with Crippen molar-refractivity contribution in [2.24, 2.45) is 0 Å². The topological polar surface area (TPSA) is 74.7 Å². The number of hydrogen-bond donors (Lipinski definition) is 1. The Balaban J connectivity index is 2.50. The molecule has 0 bridgehead atoms. The molecule has 8 heteroatoms. The largest absolute Gasteiger partial charge is 0.478 e. The Labute approximate surface area is 127 Å². The molecule has 0 saturated carbocycles. The van der Waals surface area contributed by atoms with Gasteiger partial charge in [0, 0.05) is 13.1 Å². The van der Waals surface area contributed by atoms with Crippen molar-refractivity contribution in [1.29, 1.82) is 0 Å². The highest BCUT2D eigenvalue weighted by atomic mass is 35.5. The third-order valence-electron chi connectivity index (χ3n) is 3.18. The monoisotopic (exact) mass is 337 g/mol. The van der Waals surface area contributed by atoms with Crippen LogP contribution < -0.4 is 0 Å². The highest BCUT2D eigenvalue weighted by Gasteiger charge is 2.29. The van der Waals surface area contributed by atoms with Gasteiger partial charge < -0.3 is 5.11 Å². The highest BCUT2D eigenvalue weighted by molar-refractivity contribution is 7.89. The molecule has 0 unspecified atom stereocenters. The van der Waals surface area contributed by atoms with Crippen LogP contribution in [0, 0.1) is 0 Å². The van der Waals surface area contributed by atoms with Gasteiger partial charge in [0.25, 0.3) is 0 Å². The van der Waals surface area contributed by atoms with Crippen molar-refractivity contribution >= 4 is 39.2 Å². The summed E-state index contributed by atoms with van der Waals surface area (Å²) in [5, 5.41) is 8.87. The average molecular weight is 338 g/mol. The van der Waals surface area contributed by atoms with Gasteiger partial charge in [-0.25, -0.2) is 13.2 Å². The first-order valence-electron chi connectivity index (χ1n) is 6.06. The van der Waals surface area contributed by atoms with Crippen molar-refractivity contribution in [2.45, 2.75) is 24.2 Å². The molecule has 0 radical (unpaired) electrons. The first-order chi connectivity index (χ1) is 9.34. The van der Waals surface area contributed by atoms with Gasteiger partial charge in [0.15, 0.2) is 0 Å². The predicted molar refractivity (Wildman–Crippen MR) is 76.0 cm³/mol. The van der Waals surface area contributed by atoms with Crippen molar-refractivity contribution in [1.82, 2.24) is 4.31 Å². The Bertz CT molecular complexity index is 639. The molecule has 0 spiro atoms. The van der Waals surface area contributed by atoms with Crippen molar-refractivity contribution in [3.63, 3.8) is 0 Å². The molecule has 0 aromatic heterocycles. The standard InChI is InChI=1S/C12H13Cl2NO4S/c13-9-7-10(14)11(6-8(9)12(16)17)20(18,19)15-4-2-1-3-5-15/h6-7H,1-5H2,(H,16,17). The molecule has 1 aliphatic rings. The van der Waals surface area contributed by atoms with Crippen LogP contribution in [0.2, 0.25) is 10.0 Å². The summed E-state index contributed by atoms with van der Waals surface area (Å²) in [4.78, 5) is 10.8. The lowest BCUT2D eigenvalue weighted by Crippen LogP contribution is -2.35. The number of carboxylic acids is 1. The number of halogens is 2. The number of hydrogen-bond acceptors (Lipinski definition) is 3. The van der Waals surface area contributed by atoms with Crippen LogP contribution in [0.3, 0.4) is 0 Å². The smallest absolute Gasteiger partial charge is 0.337 e. The molecule has 0 atom stereocenters. The Hall–Kier alpha value is -0.820. The zero-order chi connectivity index (χ0) is 14.9. The lowest BCUT2D eigenvalue weighted by molar-refractivity contribution is 0.0697. The van der Waals surface area contributed by atoms with Gasteiger partial charge in [-0.05, 0) is 25.0 Å². The van der Waals surface area contributed by atoms with Crippen molar-refractivity contribution in [3.05, 3.63) is 27.7 Å². The fourth-order valence-corrected chi connectivity index (χ4v) is 4.48. The van der Waals surface area contributed by atoms with E-state index in [1.807, 2.05) is 0 Å². The van der Waals surface area contributed by atoms with Gasteiger partial charge in [-0.15, -0.1) is 0 Å². The highest BCUT2D eigenvalue weighted by Crippen LogP contribution is 2.31. The number of nitrogens with zero attached hydrogens (tertiary/aromatic N) is 1. The first-order valence-corrected chi connectivity index (χ1v) is 8.26. The summed E-state index contributed by atoms with van der Waals surface area (Å²) in [7, 11) is -3.79. The summed E-state index contributed by atoms with van der Waals surface area (Å²) in [5.41, 5.74) is -0.272. The Morgan fingerprint density at radius 3 is 2.25 bits per heavy atom. The number of rotatable bonds is 3. The Morgan fingerprint density at radius 2 is 1.70 bits per heavy atom. The van der Waals surface area contributed by atoms with Crippen LogP contribution in [-0.4, -0.2) is 36.9 Å². The number of aromatic carboxylic acids is 1. The maximum Gasteiger partial charge on any atom is 0.337 e. The fraction of sp³-hybridized carbons (Fsp3) is 0.417. The summed E-state index contributed by atoms with van der Waals surface area (Å²) in [6.45, 7) is 0.841. The summed E-state index contributed by atoms with van der Waals surface area (Å²) >= 11 is 11.7. The summed E-state index contributed by atoms with van der Waals surface area (Å²) in [5.74, 6) is -1.29. The van der Waals surface area contributed by atoms with Crippen LogP contribution >= 0.6 is 23.2 Å². The molecule has 5 nitrogen and oxygen atoms in total. The molecule has 1 aromatic carbocycles. The number of carbonyl (C=O) groups is 1. The predicted octanol–water partition coefficient (Wildman–Crippen LogP) is 2.87. The van der Waals surface area contributed by atoms with E-state index in [2.05, 4.69) is 0 Å². The first kappa shape index (κ1) is 15.6. The Morgan fingerprint density at radius 1 is 1.10 bits per heavy atom. The molecule has 1 heterocycles. The van der Waals surface area contributed by atoms with Crippen molar-refractivity contribution in [3.8, 4) is 0 Å². The van der Waals surface area contributed by atoms with Crippen LogP contribution in [0.15, 0.2) is 17.0 Å². The quantitative estimate of drug-likeness (QED) is 0.920. The van der Waals surface area contributed by atoms with Crippen LogP contribution in [0.1, 0.15) is 29.6 Å². The van der Waals surface area contributed by atoms with Gasteiger partial charge in [0.2, 0.25) is 10.0 Å². The van der Waals surface area contributed by atoms with E-state index in [4.69, 9.17) is 28.3 Å². The zero-order valence-corrected chi connectivity index (χ0v) is 12.8. The molecule has 1 fully saturated rings. The maximum atomic E-state index is 12.5. The van der Waals surface area contributed by atoms with Crippen LogP contribution in [0.25, 0.3) is 0 Å². The van der Waals surface area contributed by atoms with Gasteiger partial charge in [0.1, 0.15) is 4.90 Å². The van der Waals surface area contributed by atoms with Crippen molar-refractivity contribution < 1.29 is 18.3 Å². The lowest BCUT2D eigenvalue weighted by atomic mass is 10.2. The van der Waals surface area contributed by atoms with E-state index in [0.717, 1.165) is 31.4 Å². The SMILES string of the molecule is O=C(O)c1cc(S(=O)(=O)N2CCCCC2)c(Cl)cc1Cl. The summed E-state index contributed by atoms with van der Waals surface area (Å²) < 4.78 is 26.3. The minimum absolute atomic E-state index is 0.0643. The number of piperidine rings is 1. The van der Waals surface area contributed by atoms with Gasteiger partial charge in [-0.2, -0.15) is 4.31 Å². The number of benzene rings is 1. The molecule has 1 aliphatic heterocycles. The van der Waals surface area contributed by atoms with Crippen LogP contribution in [0.5, 0.6) is 0 Å². The lowest BCUT2D eigenvalue weighted by Gasteiger charge is -2.26. The van der Waals surface area contributed by atoms with Crippen LogP contribution in [-0.2, 0) is 10.0 Å². The minimum Gasteiger partial charge on any atom is -0.478 e. The molecular weight excluding hydrogens is 325 g/mol. The van der Waals surface area contributed by atoms with E-state index in [1.165, 1.54) is 4.31 Å². The summed E-state index contributed by atoms with van der Waals surface area (Å²) in [6.07, 6.45) is 2.56. The molecule has 2 rings (SSSR count). The van der Waals surface area contributed by atoms with E-state index >= 15 is 0 Å². The van der Waals surface area contributed by atoms with Gasteiger partial charge in [-0.1, -0.05) is 29.6 Å². The molecule has 1 aromatic rings.